The van der Waals surface area contributed by atoms with E-state index in [1.807, 2.05) is 75.4 Å². The number of unbranched alkanes of at least 4 members (excludes halogenated alkanes) is 3. The van der Waals surface area contributed by atoms with E-state index >= 15 is 0 Å². The third-order valence-corrected chi connectivity index (χ3v) is 32.7. The summed E-state index contributed by atoms with van der Waals surface area (Å²) >= 11 is 0. The smallest absolute Gasteiger partial charge is 0.0713 e. The molecule has 3 unspecified atom stereocenters. The Morgan fingerprint density at radius 3 is 0.633 bits per heavy atom. The second-order valence-electron chi connectivity index (χ2n) is 41.3. The topological polar surface area (TPSA) is 53.5 Å². The molecule has 0 fully saturated rings. The van der Waals surface area contributed by atoms with Crippen LogP contribution in [0.15, 0.2) is 437 Å². The maximum absolute atomic E-state index is 3.98. The summed E-state index contributed by atoms with van der Waals surface area (Å²) in [5.74, 6) is 1.61. The van der Waals surface area contributed by atoms with Crippen molar-refractivity contribution >= 4 is 65.4 Å². The second kappa shape index (κ2) is 42.2. The van der Waals surface area contributed by atoms with E-state index in [1.165, 1.54) is 257 Å². The number of hydrogen-bond acceptors (Lipinski definition) is 3. The molecule has 25 rings (SSSR count). The number of pyridine rings is 3. The van der Waals surface area contributed by atoms with Crippen LogP contribution in [0.25, 0.3) is 132 Å². The average Bonchev–Trinajstić information content (AvgIpc) is 1.54. The predicted molar refractivity (Wildman–Crippen MR) is 621 cm³/mol. The lowest BCUT2D eigenvalue weighted by Crippen LogP contribution is -2.28. The van der Waals surface area contributed by atoms with Crippen molar-refractivity contribution in [2.24, 2.45) is 17.8 Å². The molecule has 0 aliphatic heterocycles. The van der Waals surface area contributed by atoms with Gasteiger partial charge in [-0.15, -0.1) is 0 Å². The van der Waals surface area contributed by atoms with Gasteiger partial charge in [0.15, 0.2) is 0 Å². The second-order valence-corrected chi connectivity index (χ2v) is 41.3. The largest absolute Gasteiger partial charge is 0.340 e. The Bertz CT molecular complexity index is 7520. The molecule has 0 saturated heterocycles. The first kappa shape index (κ1) is 96.2. The van der Waals surface area contributed by atoms with Crippen LogP contribution in [0, 0.1) is 38.5 Å². The molecule has 6 heteroatoms. The quantitative estimate of drug-likeness (QED) is 0.0516. The molecule has 0 amide bonds. The minimum atomic E-state index is -0.554. The summed E-state index contributed by atoms with van der Waals surface area (Å²) in [5.41, 5.74) is 40.0. The third-order valence-electron chi connectivity index (χ3n) is 32.7. The van der Waals surface area contributed by atoms with Crippen LogP contribution in [0.3, 0.4) is 0 Å². The highest BCUT2D eigenvalue weighted by Gasteiger charge is 2.50. The van der Waals surface area contributed by atoms with Crippen LogP contribution >= 0.6 is 0 Å². The van der Waals surface area contributed by atoms with Crippen molar-refractivity contribution in [3.05, 3.63) is 521 Å². The van der Waals surface area contributed by atoms with Gasteiger partial charge in [0.25, 0.3) is 0 Å². The summed E-state index contributed by atoms with van der Waals surface area (Å²) < 4.78 is 8.13. The maximum atomic E-state index is 3.98. The van der Waals surface area contributed by atoms with Crippen LogP contribution in [0.4, 0.5) is 0 Å². The van der Waals surface area contributed by atoms with Gasteiger partial charge in [-0.05, 0) is 319 Å². The molecule has 6 aromatic heterocycles. The molecule has 3 aliphatic carbocycles. The molecule has 3 aliphatic rings. The molecular formula is C141H132N6. The van der Waals surface area contributed by atoms with E-state index in [4.69, 9.17) is 0 Å². The molecule has 0 N–H and O–H groups in total. The Labute approximate surface area is 868 Å². The number of aryl methyl sites for hydroxylation is 3. The molecule has 726 valence electrons. The van der Waals surface area contributed by atoms with Crippen molar-refractivity contribution < 1.29 is 0 Å². The van der Waals surface area contributed by atoms with Crippen LogP contribution in [-0.4, -0.2) is 28.7 Å². The van der Waals surface area contributed by atoms with Gasteiger partial charge < -0.3 is 13.7 Å². The van der Waals surface area contributed by atoms with Crippen molar-refractivity contribution in [3.8, 4) is 66.8 Å². The summed E-state index contributed by atoms with van der Waals surface area (Å²) in [5, 5.41) is 7.74. The summed E-state index contributed by atoms with van der Waals surface area (Å²) in [6.45, 7) is 23.1. The monoisotopic (exact) mass is 1910 g/mol. The summed E-state index contributed by atoms with van der Waals surface area (Å²) in [4.78, 5) is 11.9. The van der Waals surface area contributed by atoms with Crippen molar-refractivity contribution in [2.45, 2.75) is 175 Å². The number of fused-ring (bicyclic) bond motifs is 18. The van der Waals surface area contributed by atoms with Crippen LogP contribution in [0.1, 0.15) is 202 Å². The highest BCUT2D eigenvalue weighted by Crippen LogP contribution is 2.61. The number of rotatable bonds is 27. The molecule has 3 atom stereocenters. The fourth-order valence-corrected chi connectivity index (χ4v) is 25.3. The van der Waals surface area contributed by atoms with E-state index in [9.17, 15) is 0 Å². The minimum absolute atomic E-state index is 0.535. The van der Waals surface area contributed by atoms with E-state index in [1.54, 1.807) is 18.6 Å². The molecule has 147 heavy (non-hydrogen) atoms. The molecule has 6 nitrogen and oxygen atoms in total. The van der Waals surface area contributed by atoms with Gasteiger partial charge in [0.05, 0.1) is 16.2 Å². The van der Waals surface area contributed by atoms with Crippen molar-refractivity contribution in [3.63, 3.8) is 0 Å². The first-order valence-corrected chi connectivity index (χ1v) is 54.1. The number of nitrogens with zero attached hydrogens (tertiary/aromatic N) is 6. The lowest BCUT2D eigenvalue weighted by Gasteiger charge is -2.34. The predicted octanol–water partition coefficient (Wildman–Crippen LogP) is 36.9. The Morgan fingerprint density at radius 2 is 0.422 bits per heavy atom. The SMILES string of the molecule is CCCCC(CC)Cn1c2ccc(-c3cc(-c4ccc5c(c4)c4cc(C6(c7ccccc7)c7ccccc7-c7ccccc76)ccc4n5CC(CC)CCCC)cc(-c4ccc5c(c4)c4cc(C6(c7ccccc7)c7ccccc7-c7ccccc76)ccc4n5CC(CC)CCCC)c3)cc2c2cc(C3(c4ccccc4)c4ccccc4-c4ccccc43)ccc21.Cc1ccccn1.Cc1ccccn1.Cc1ccccn1. The average molecular weight is 1910 g/mol. The van der Waals surface area contributed by atoms with E-state index in [-0.39, 0.29) is 0 Å². The summed E-state index contributed by atoms with van der Waals surface area (Å²) in [6, 6.07) is 160. The summed E-state index contributed by atoms with van der Waals surface area (Å²) in [7, 11) is 0. The van der Waals surface area contributed by atoms with Crippen molar-refractivity contribution in [2.75, 3.05) is 0 Å². The molecule has 16 aromatic carbocycles. The molecular weight excluding hydrogens is 1780 g/mol. The number of benzene rings is 16. The minimum Gasteiger partial charge on any atom is -0.340 e. The Balaban J connectivity index is 0.000000522. The van der Waals surface area contributed by atoms with Gasteiger partial charge in [0, 0.05) is 121 Å². The molecule has 0 radical (unpaired) electrons. The van der Waals surface area contributed by atoms with Crippen LogP contribution in [0.5, 0.6) is 0 Å². The zero-order valence-electron chi connectivity index (χ0n) is 86.6. The third kappa shape index (κ3) is 17.5. The van der Waals surface area contributed by atoms with E-state index in [0.717, 1.165) is 56.0 Å². The first-order chi connectivity index (χ1) is 72.4. The Morgan fingerprint density at radius 1 is 0.204 bits per heavy atom. The van der Waals surface area contributed by atoms with E-state index < -0.39 is 16.2 Å². The van der Waals surface area contributed by atoms with Crippen LogP contribution in [-0.2, 0) is 35.9 Å². The molecule has 6 heterocycles. The Hall–Kier alpha value is -15.6. The van der Waals surface area contributed by atoms with Crippen molar-refractivity contribution in [1.29, 1.82) is 0 Å². The Kier molecular flexibility index (Phi) is 27.6. The van der Waals surface area contributed by atoms with Gasteiger partial charge in [-0.2, -0.15) is 0 Å². The van der Waals surface area contributed by atoms with Gasteiger partial charge in [0.2, 0.25) is 0 Å². The fourth-order valence-electron chi connectivity index (χ4n) is 25.3. The molecule has 22 aromatic rings. The lowest BCUT2D eigenvalue weighted by molar-refractivity contribution is 0.401. The van der Waals surface area contributed by atoms with Crippen LogP contribution < -0.4 is 0 Å². The maximum Gasteiger partial charge on any atom is 0.0713 e. The normalized spacial score (nSPS) is 13.7. The van der Waals surface area contributed by atoms with Gasteiger partial charge in [-0.25, -0.2) is 0 Å². The fraction of sp³-hybridized carbons (Fsp3) is 0.213. The standard InChI is InChI=1S/C123H111N3.3C6H7N/c1-7-13-37-82(10-4)79-124-115-64-58-85(73-103(115)106-76-94(61-67-118(106)124)121(91-40-19-16-20-41-91)109-52-31-25-46-97(109)98-47-26-32-53-110(98)121)88-70-89(86-59-65-116-104(74-86)107-77-95(62-68-119(107)125(116)80-83(11-5)38-14-8-2)122(92-42-21-17-22-43-92)111-54-33-27-48-99(111)100-49-28-34-55-112(100)122)72-90(71-88)87-60-66-117-105(75-87)108-78-96(63-69-120(108)126(117)81-84(12-6)39-15-9-3)123(93-44-23-18-24-45-93)113-56-35-29-50-101(113)102-51-30-36-57-114(102)123;3*1-6-4-2-3-5-7-6/h16-36,40-78,82-84H,7-15,37-39,79-81H2,1-6H3;3*2-5H,1H3. The summed E-state index contributed by atoms with van der Waals surface area (Å²) in [6.07, 6.45) is 19.6. The first-order valence-electron chi connectivity index (χ1n) is 54.1. The molecule has 0 saturated carbocycles. The highest BCUT2D eigenvalue weighted by atomic mass is 15.0. The number of aromatic nitrogens is 6. The lowest BCUT2D eigenvalue weighted by atomic mass is 9.67. The van der Waals surface area contributed by atoms with Gasteiger partial charge >= 0.3 is 0 Å². The zero-order chi connectivity index (χ0) is 100. The zero-order valence-corrected chi connectivity index (χ0v) is 86.6. The van der Waals surface area contributed by atoms with Crippen molar-refractivity contribution in [1.82, 2.24) is 28.7 Å². The van der Waals surface area contributed by atoms with Crippen LogP contribution in [0.2, 0.25) is 0 Å². The van der Waals surface area contributed by atoms with Gasteiger partial charge in [0.1, 0.15) is 0 Å². The highest BCUT2D eigenvalue weighted by molar-refractivity contribution is 6.14. The molecule has 0 bridgehead atoms. The number of hydrogen-bond donors (Lipinski definition) is 0. The van der Waals surface area contributed by atoms with Gasteiger partial charge in [-0.3, -0.25) is 15.0 Å². The van der Waals surface area contributed by atoms with E-state index in [0.29, 0.717) is 17.8 Å². The van der Waals surface area contributed by atoms with Gasteiger partial charge in [-0.1, -0.05) is 391 Å². The van der Waals surface area contributed by atoms with E-state index in [2.05, 4.69) is 434 Å². The molecule has 0 spiro atoms.